The molecule has 0 atom stereocenters. The summed E-state index contributed by atoms with van der Waals surface area (Å²) in [5.41, 5.74) is 3.10. The maximum absolute atomic E-state index is 12.7. The summed E-state index contributed by atoms with van der Waals surface area (Å²) in [5.74, 6) is 1.93. The Morgan fingerprint density at radius 2 is 2.00 bits per heavy atom. The molecule has 6 rings (SSSR count). The molecule has 158 valence electrons. The summed E-state index contributed by atoms with van der Waals surface area (Å²) in [6.07, 6.45) is 5.33. The van der Waals surface area contributed by atoms with Gasteiger partial charge in [-0.2, -0.15) is 4.99 Å². The van der Waals surface area contributed by atoms with Crippen LogP contribution in [0.15, 0.2) is 71.1 Å². The lowest BCUT2D eigenvalue weighted by Crippen LogP contribution is -2.38. The third-order valence-corrected chi connectivity index (χ3v) is 5.59. The molecule has 0 bridgehead atoms. The summed E-state index contributed by atoms with van der Waals surface area (Å²) in [4.78, 5) is 22.3. The third-order valence-electron chi connectivity index (χ3n) is 5.59. The molecule has 0 unspecified atom stereocenters. The Labute approximate surface area is 183 Å². The minimum absolute atomic E-state index is 0.0271. The molecule has 4 heterocycles. The summed E-state index contributed by atoms with van der Waals surface area (Å²) >= 11 is 0. The fourth-order valence-electron chi connectivity index (χ4n) is 4.11. The van der Waals surface area contributed by atoms with Crippen LogP contribution in [-0.2, 0) is 16.2 Å². The Balaban J connectivity index is 1.39. The quantitative estimate of drug-likeness (QED) is 0.643. The van der Waals surface area contributed by atoms with Crippen molar-refractivity contribution in [3.8, 4) is 11.5 Å². The topological polar surface area (TPSA) is 89.1 Å². The van der Waals surface area contributed by atoms with E-state index in [2.05, 4.69) is 9.56 Å². The monoisotopic (exact) mass is 426 g/mol. The zero-order valence-electron chi connectivity index (χ0n) is 17.2. The minimum Gasteiger partial charge on any atom is -0.454 e. The van der Waals surface area contributed by atoms with E-state index in [9.17, 15) is 4.79 Å². The lowest BCUT2D eigenvalue weighted by molar-refractivity contribution is -0.114. The Morgan fingerprint density at radius 3 is 2.91 bits per heavy atom. The summed E-state index contributed by atoms with van der Waals surface area (Å²) < 4.78 is 13.0. The third kappa shape index (κ3) is 2.88. The number of benzene rings is 2. The number of fused-ring (bicyclic) bond motifs is 3. The second kappa shape index (κ2) is 6.84. The van der Waals surface area contributed by atoms with Crippen molar-refractivity contribution in [2.45, 2.75) is 13.5 Å². The number of aliphatic imine (C=N–C) groups is 1. The van der Waals surface area contributed by atoms with Crippen molar-refractivity contribution in [1.29, 1.82) is 5.41 Å². The van der Waals surface area contributed by atoms with Gasteiger partial charge in [0.1, 0.15) is 5.76 Å². The van der Waals surface area contributed by atoms with E-state index in [4.69, 9.17) is 19.7 Å². The van der Waals surface area contributed by atoms with Crippen molar-refractivity contribution >= 4 is 34.6 Å². The number of carbonyl (C=O) groups is 1. The van der Waals surface area contributed by atoms with Gasteiger partial charge >= 0.3 is 0 Å². The molecule has 3 aromatic rings. The van der Waals surface area contributed by atoms with Crippen molar-refractivity contribution in [2.75, 3.05) is 6.79 Å². The number of nitrogens with zero attached hydrogens (tertiary/aromatic N) is 3. The second-order valence-corrected chi connectivity index (χ2v) is 7.74. The maximum Gasteiger partial charge on any atom is 0.282 e. The molecular weight excluding hydrogens is 408 g/mol. The number of amides is 1. The van der Waals surface area contributed by atoms with Gasteiger partial charge in [-0.15, -0.1) is 5.06 Å². The van der Waals surface area contributed by atoms with E-state index < -0.39 is 5.91 Å². The molecule has 0 spiro atoms. The number of carbonyl (C=O) groups excluding carboxylic acids is 1. The van der Waals surface area contributed by atoms with Crippen LogP contribution in [0.25, 0.3) is 17.0 Å². The number of nitrogens with one attached hydrogen (secondary N) is 1. The van der Waals surface area contributed by atoms with Crippen LogP contribution in [0.4, 0.5) is 0 Å². The fraction of sp³-hybridized carbons (Fsp3) is 0.125. The molecule has 0 saturated heterocycles. The Morgan fingerprint density at radius 1 is 1.16 bits per heavy atom. The van der Waals surface area contributed by atoms with Crippen molar-refractivity contribution < 1.29 is 19.1 Å². The number of aromatic nitrogens is 1. The highest BCUT2D eigenvalue weighted by Gasteiger charge is 2.34. The average Bonchev–Trinajstić information content (AvgIpc) is 3.48. The number of rotatable bonds is 3. The molecule has 0 fully saturated rings. The molecule has 1 aromatic heterocycles. The molecule has 3 aliphatic rings. The van der Waals surface area contributed by atoms with Gasteiger partial charge in [0.25, 0.3) is 5.91 Å². The Kier molecular flexibility index (Phi) is 3.94. The SMILES string of the molecule is CC1=CC2=NC(=O)/C(=C/c3cn(Cc4ccc5c(c4)OCO5)c4ccccc34)C(=N)N2O1. The molecule has 3 aliphatic heterocycles. The van der Waals surface area contributed by atoms with Crippen LogP contribution in [-0.4, -0.2) is 34.0 Å². The highest BCUT2D eigenvalue weighted by atomic mass is 16.7. The average molecular weight is 426 g/mol. The number of amidine groups is 2. The first-order chi connectivity index (χ1) is 15.6. The molecule has 2 aromatic carbocycles. The van der Waals surface area contributed by atoms with Crippen molar-refractivity contribution in [3.63, 3.8) is 0 Å². The van der Waals surface area contributed by atoms with Crippen molar-refractivity contribution in [3.05, 3.63) is 77.2 Å². The largest absolute Gasteiger partial charge is 0.454 e. The van der Waals surface area contributed by atoms with Gasteiger partial charge in [0, 0.05) is 35.3 Å². The molecule has 1 amide bonds. The van der Waals surface area contributed by atoms with Crippen LogP contribution in [0.5, 0.6) is 11.5 Å². The number of ether oxygens (including phenoxy) is 2. The maximum atomic E-state index is 12.7. The second-order valence-electron chi connectivity index (χ2n) is 7.74. The molecule has 8 heteroatoms. The van der Waals surface area contributed by atoms with E-state index in [0.717, 1.165) is 33.5 Å². The first kappa shape index (κ1) is 18.4. The molecule has 0 aliphatic carbocycles. The van der Waals surface area contributed by atoms with Gasteiger partial charge in [-0.05, 0) is 36.8 Å². The molecular formula is C24H18N4O4. The number of allylic oxidation sites excluding steroid dienone is 1. The van der Waals surface area contributed by atoms with Crippen LogP contribution in [0.1, 0.15) is 18.1 Å². The first-order valence-corrected chi connectivity index (χ1v) is 10.1. The molecule has 0 radical (unpaired) electrons. The van der Waals surface area contributed by atoms with Crippen molar-refractivity contribution in [2.24, 2.45) is 4.99 Å². The van der Waals surface area contributed by atoms with Gasteiger partial charge in [0.05, 0.1) is 5.57 Å². The highest BCUT2D eigenvalue weighted by molar-refractivity contribution is 6.32. The smallest absolute Gasteiger partial charge is 0.282 e. The predicted octanol–water partition coefficient (Wildman–Crippen LogP) is 3.87. The standard InChI is InChI=1S/C24H18N4O4/c1-14-8-22-26-24(29)18(23(25)28(22)32-14)10-16-12-27(19-5-3-2-4-17(16)19)11-15-6-7-20-21(9-15)31-13-30-20/h2-10,12,25H,11,13H2,1H3/b18-10+,25-23?. The number of para-hydroxylation sites is 1. The number of hydroxylamine groups is 2. The molecule has 0 saturated carbocycles. The summed E-state index contributed by atoms with van der Waals surface area (Å²) in [7, 11) is 0. The van der Waals surface area contributed by atoms with Crippen LogP contribution in [0, 0.1) is 5.41 Å². The van der Waals surface area contributed by atoms with E-state index >= 15 is 0 Å². The van der Waals surface area contributed by atoms with Crippen molar-refractivity contribution in [1.82, 2.24) is 9.63 Å². The summed E-state index contributed by atoms with van der Waals surface area (Å²) in [6.45, 7) is 2.61. The van der Waals surface area contributed by atoms with Gasteiger partial charge in [-0.25, -0.2) is 0 Å². The minimum atomic E-state index is -0.455. The fourth-order valence-corrected chi connectivity index (χ4v) is 4.11. The van der Waals surface area contributed by atoms with Crippen LogP contribution in [0.3, 0.4) is 0 Å². The molecule has 1 N–H and O–H groups in total. The van der Waals surface area contributed by atoms with Crippen LogP contribution < -0.4 is 9.47 Å². The van der Waals surface area contributed by atoms with Gasteiger partial charge in [-0.1, -0.05) is 24.3 Å². The summed E-state index contributed by atoms with van der Waals surface area (Å²) in [5, 5.41) is 10.7. The van der Waals surface area contributed by atoms with Gasteiger partial charge in [0.15, 0.2) is 23.2 Å². The van der Waals surface area contributed by atoms with E-state index in [1.165, 1.54) is 5.06 Å². The molecule has 32 heavy (non-hydrogen) atoms. The number of hydrogen-bond acceptors (Lipinski definition) is 5. The Hall–Kier alpha value is -4.33. The lowest BCUT2D eigenvalue weighted by Gasteiger charge is -2.22. The van der Waals surface area contributed by atoms with Gasteiger partial charge in [-0.3, -0.25) is 10.2 Å². The molecule has 8 nitrogen and oxygen atoms in total. The van der Waals surface area contributed by atoms with E-state index in [0.29, 0.717) is 18.1 Å². The van der Waals surface area contributed by atoms with Gasteiger partial charge < -0.3 is 18.9 Å². The van der Waals surface area contributed by atoms with Crippen LogP contribution >= 0.6 is 0 Å². The van der Waals surface area contributed by atoms with Gasteiger partial charge in [0.2, 0.25) is 6.79 Å². The predicted molar refractivity (Wildman–Crippen MR) is 118 cm³/mol. The van der Waals surface area contributed by atoms with E-state index in [1.54, 1.807) is 19.1 Å². The van der Waals surface area contributed by atoms with E-state index in [-0.39, 0.29) is 18.2 Å². The van der Waals surface area contributed by atoms with E-state index in [1.807, 2.05) is 48.7 Å². The first-order valence-electron chi connectivity index (χ1n) is 10.1. The zero-order chi connectivity index (χ0) is 21.8. The normalized spacial score (nSPS) is 18.2. The zero-order valence-corrected chi connectivity index (χ0v) is 17.2. The number of hydrogen-bond donors (Lipinski definition) is 1. The lowest BCUT2D eigenvalue weighted by atomic mass is 10.1. The van der Waals surface area contributed by atoms with Crippen LogP contribution in [0.2, 0.25) is 0 Å². The highest BCUT2D eigenvalue weighted by Crippen LogP contribution is 2.33. The summed E-state index contributed by atoms with van der Waals surface area (Å²) in [6, 6.07) is 13.9. The Bertz CT molecular complexity index is 1410.